The Bertz CT molecular complexity index is 385. The Kier molecular flexibility index (Phi) is 4.37. The largest absolute Gasteiger partial charge is 0.507 e. The van der Waals surface area contributed by atoms with E-state index < -0.39 is 5.97 Å². The van der Waals surface area contributed by atoms with Gasteiger partial charge in [0.05, 0.1) is 7.11 Å². The van der Waals surface area contributed by atoms with Crippen molar-refractivity contribution in [2.24, 2.45) is 0 Å². The average molecular weight is 271 g/mol. The number of alkyl halides is 1. The number of benzene rings is 1. The van der Waals surface area contributed by atoms with Crippen molar-refractivity contribution in [2.75, 3.05) is 12.4 Å². The lowest BCUT2D eigenvalue weighted by Gasteiger charge is -2.03. The summed E-state index contributed by atoms with van der Waals surface area (Å²) in [6.45, 7) is 0. The van der Waals surface area contributed by atoms with Crippen LogP contribution in [0.4, 0.5) is 0 Å². The molecule has 0 unspecified atom stereocenters. The zero-order valence-electron chi connectivity index (χ0n) is 8.24. The summed E-state index contributed by atoms with van der Waals surface area (Å²) in [6, 6.07) is 4.80. The summed E-state index contributed by atoms with van der Waals surface area (Å²) in [5, 5.41) is 10.3. The number of halogens is 1. The number of allylic oxidation sites excluding steroid dienone is 1. The van der Waals surface area contributed by atoms with Crippen LogP contribution in [0.25, 0.3) is 6.08 Å². The standard InChI is InChI=1S/C11H11BrO3/c1-15-11(14)9-5-4-8(3-2-6-12)7-10(9)13/h2-5,7,13H,6H2,1H3. The van der Waals surface area contributed by atoms with Crippen molar-refractivity contribution in [3.05, 3.63) is 35.4 Å². The normalized spacial score (nSPS) is 10.5. The van der Waals surface area contributed by atoms with Gasteiger partial charge in [0.25, 0.3) is 0 Å². The number of esters is 1. The molecule has 3 nitrogen and oxygen atoms in total. The van der Waals surface area contributed by atoms with Gasteiger partial charge < -0.3 is 9.84 Å². The molecule has 1 aromatic rings. The Labute approximate surface area is 96.5 Å². The Morgan fingerprint density at radius 3 is 2.87 bits per heavy atom. The molecule has 0 atom stereocenters. The molecule has 0 heterocycles. The topological polar surface area (TPSA) is 46.5 Å². The quantitative estimate of drug-likeness (QED) is 0.679. The highest BCUT2D eigenvalue weighted by atomic mass is 79.9. The predicted molar refractivity (Wildman–Crippen MR) is 62.3 cm³/mol. The average Bonchev–Trinajstić information content (AvgIpc) is 2.25. The summed E-state index contributed by atoms with van der Waals surface area (Å²) in [7, 11) is 1.28. The van der Waals surface area contributed by atoms with Crippen LogP contribution in [0.3, 0.4) is 0 Å². The highest BCUT2D eigenvalue weighted by Crippen LogP contribution is 2.20. The highest BCUT2D eigenvalue weighted by molar-refractivity contribution is 9.09. The Hall–Kier alpha value is -1.29. The number of carbonyl (C=O) groups excluding carboxylic acids is 1. The van der Waals surface area contributed by atoms with Crippen molar-refractivity contribution in [1.82, 2.24) is 0 Å². The van der Waals surface area contributed by atoms with Crippen LogP contribution >= 0.6 is 15.9 Å². The maximum Gasteiger partial charge on any atom is 0.341 e. The number of methoxy groups -OCH3 is 1. The van der Waals surface area contributed by atoms with Crippen molar-refractivity contribution in [2.45, 2.75) is 0 Å². The minimum absolute atomic E-state index is 0.0708. The fraction of sp³-hybridized carbons (Fsp3) is 0.182. The molecule has 80 valence electrons. The van der Waals surface area contributed by atoms with E-state index in [0.29, 0.717) is 0 Å². The number of rotatable bonds is 3. The minimum atomic E-state index is -0.538. The van der Waals surface area contributed by atoms with Crippen molar-refractivity contribution in [3.63, 3.8) is 0 Å². The molecule has 4 heteroatoms. The van der Waals surface area contributed by atoms with Gasteiger partial charge in [-0.05, 0) is 17.7 Å². The van der Waals surface area contributed by atoms with Crippen molar-refractivity contribution >= 4 is 28.0 Å². The summed E-state index contributed by atoms with van der Waals surface area (Å²) in [4.78, 5) is 11.2. The molecule has 0 aliphatic carbocycles. The first-order valence-electron chi connectivity index (χ1n) is 4.33. The lowest BCUT2D eigenvalue weighted by Crippen LogP contribution is -2.01. The summed E-state index contributed by atoms with van der Waals surface area (Å²) < 4.78 is 4.51. The van der Waals surface area contributed by atoms with Gasteiger partial charge in [0, 0.05) is 5.33 Å². The second kappa shape index (κ2) is 5.56. The van der Waals surface area contributed by atoms with Crippen molar-refractivity contribution in [3.8, 4) is 5.75 Å². The van der Waals surface area contributed by atoms with Gasteiger partial charge in [0.1, 0.15) is 11.3 Å². The molecule has 15 heavy (non-hydrogen) atoms. The molecule has 0 saturated heterocycles. The third kappa shape index (κ3) is 3.09. The van der Waals surface area contributed by atoms with Gasteiger partial charge in [-0.2, -0.15) is 0 Å². The summed E-state index contributed by atoms with van der Waals surface area (Å²) >= 11 is 3.25. The maximum absolute atomic E-state index is 11.2. The number of hydrogen-bond donors (Lipinski definition) is 1. The van der Waals surface area contributed by atoms with Crippen molar-refractivity contribution < 1.29 is 14.6 Å². The molecule has 0 aliphatic rings. The molecule has 0 amide bonds. The lowest BCUT2D eigenvalue weighted by atomic mass is 10.1. The molecule has 0 aromatic heterocycles. The molecule has 1 N–H and O–H groups in total. The molecule has 0 radical (unpaired) electrons. The van der Waals surface area contributed by atoms with E-state index in [4.69, 9.17) is 0 Å². The molecular weight excluding hydrogens is 260 g/mol. The second-order valence-electron chi connectivity index (χ2n) is 2.82. The molecular formula is C11H11BrO3. The van der Waals surface area contributed by atoms with Gasteiger partial charge in [-0.15, -0.1) is 0 Å². The first-order valence-corrected chi connectivity index (χ1v) is 5.45. The zero-order chi connectivity index (χ0) is 11.3. The predicted octanol–water partition coefficient (Wildman–Crippen LogP) is 2.59. The van der Waals surface area contributed by atoms with E-state index >= 15 is 0 Å². The van der Waals surface area contributed by atoms with E-state index in [-0.39, 0.29) is 11.3 Å². The number of phenolic OH excluding ortho intramolecular Hbond substituents is 1. The number of aromatic hydroxyl groups is 1. The van der Waals surface area contributed by atoms with Gasteiger partial charge in [-0.25, -0.2) is 4.79 Å². The van der Waals surface area contributed by atoms with Crippen LogP contribution < -0.4 is 0 Å². The minimum Gasteiger partial charge on any atom is -0.507 e. The highest BCUT2D eigenvalue weighted by Gasteiger charge is 2.10. The smallest absolute Gasteiger partial charge is 0.341 e. The summed E-state index contributed by atoms with van der Waals surface area (Å²) in [5.41, 5.74) is 1.01. The van der Waals surface area contributed by atoms with Crippen LogP contribution in [0, 0.1) is 0 Å². The van der Waals surface area contributed by atoms with Gasteiger partial charge in [0.15, 0.2) is 0 Å². The summed E-state index contributed by atoms with van der Waals surface area (Å²) in [5.74, 6) is -0.609. The fourth-order valence-corrected chi connectivity index (χ4v) is 1.30. The van der Waals surface area contributed by atoms with Crippen LogP contribution in [0.5, 0.6) is 5.75 Å². The first kappa shape index (κ1) is 11.8. The SMILES string of the molecule is COC(=O)c1ccc(C=CCBr)cc1O. The van der Waals surface area contributed by atoms with Crippen LogP contribution in [-0.2, 0) is 4.74 Å². The van der Waals surface area contributed by atoms with E-state index in [9.17, 15) is 9.90 Å². The van der Waals surface area contributed by atoms with E-state index in [0.717, 1.165) is 10.9 Å². The number of hydrogen-bond acceptors (Lipinski definition) is 3. The lowest BCUT2D eigenvalue weighted by molar-refractivity contribution is 0.0597. The third-order valence-electron chi connectivity index (χ3n) is 1.83. The Morgan fingerprint density at radius 1 is 1.60 bits per heavy atom. The van der Waals surface area contributed by atoms with Gasteiger partial charge in [-0.1, -0.05) is 34.1 Å². The van der Waals surface area contributed by atoms with Crippen LogP contribution in [0.15, 0.2) is 24.3 Å². The fourth-order valence-electron chi connectivity index (χ4n) is 1.12. The number of carbonyl (C=O) groups is 1. The van der Waals surface area contributed by atoms with E-state index in [1.807, 2.05) is 12.2 Å². The summed E-state index contributed by atoms with van der Waals surface area (Å²) in [6.07, 6.45) is 3.74. The van der Waals surface area contributed by atoms with Gasteiger partial charge in [0.2, 0.25) is 0 Å². The molecule has 1 aromatic carbocycles. The van der Waals surface area contributed by atoms with Crippen LogP contribution in [-0.4, -0.2) is 23.5 Å². The van der Waals surface area contributed by atoms with Gasteiger partial charge >= 0.3 is 5.97 Å². The Morgan fingerprint density at radius 2 is 2.33 bits per heavy atom. The van der Waals surface area contributed by atoms with E-state index in [2.05, 4.69) is 20.7 Å². The Balaban J connectivity index is 2.98. The number of ether oxygens (including phenoxy) is 1. The molecule has 0 saturated carbocycles. The molecule has 1 rings (SSSR count). The monoisotopic (exact) mass is 270 g/mol. The van der Waals surface area contributed by atoms with E-state index in [1.54, 1.807) is 6.07 Å². The molecule has 0 spiro atoms. The molecule has 0 fully saturated rings. The van der Waals surface area contributed by atoms with Crippen LogP contribution in [0.2, 0.25) is 0 Å². The third-order valence-corrected chi connectivity index (χ3v) is 2.20. The van der Waals surface area contributed by atoms with E-state index in [1.165, 1.54) is 19.2 Å². The molecule has 0 bridgehead atoms. The second-order valence-corrected chi connectivity index (χ2v) is 3.47. The zero-order valence-corrected chi connectivity index (χ0v) is 9.82. The maximum atomic E-state index is 11.2. The first-order chi connectivity index (χ1) is 7.19. The number of phenols is 1. The van der Waals surface area contributed by atoms with Crippen molar-refractivity contribution in [1.29, 1.82) is 0 Å². The van der Waals surface area contributed by atoms with Gasteiger partial charge in [-0.3, -0.25) is 0 Å². The van der Waals surface area contributed by atoms with Crippen LogP contribution in [0.1, 0.15) is 15.9 Å². The molecule has 0 aliphatic heterocycles.